The molecule has 0 saturated heterocycles. The van der Waals surface area contributed by atoms with Gasteiger partial charge in [0, 0.05) is 12.2 Å². The van der Waals surface area contributed by atoms with Gasteiger partial charge in [-0.3, -0.25) is 0 Å². The summed E-state index contributed by atoms with van der Waals surface area (Å²) < 4.78 is 4.81. The number of carbonyl (C=O) groups is 1. The molecule has 0 aliphatic rings. The molecule has 1 aromatic carbocycles. The highest BCUT2D eigenvalue weighted by atomic mass is 16.5. The number of rotatable bonds is 5. The minimum atomic E-state index is -0.408. The quantitative estimate of drug-likeness (QED) is 0.479. The molecule has 3 nitrogen and oxygen atoms in total. The molecular weight excluding hydrogens is 214 g/mol. The van der Waals surface area contributed by atoms with Crippen LogP contribution in [-0.4, -0.2) is 19.1 Å². The molecule has 0 radical (unpaired) electrons. The number of nitrogens with one attached hydrogen (secondary N) is 1. The van der Waals surface area contributed by atoms with Crippen molar-refractivity contribution in [2.75, 3.05) is 18.5 Å². The highest BCUT2D eigenvalue weighted by Gasteiger charge is 2.05. The average molecular weight is 229 g/mol. The summed E-state index contributed by atoms with van der Waals surface area (Å²) in [5.74, 6) is 1.84. The van der Waals surface area contributed by atoms with Gasteiger partial charge in [-0.15, -0.1) is 6.42 Å². The summed E-state index contributed by atoms with van der Waals surface area (Å²) in [6.45, 7) is 6.44. The van der Waals surface area contributed by atoms with Crippen molar-refractivity contribution in [1.29, 1.82) is 0 Å². The predicted molar refractivity (Wildman–Crippen MR) is 68.9 cm³/mol. The van der Waals surface area contributed by atoms with Crippen molar-refractivity contribution in [3.8, 4) is 12.3 Å². The van der Waals surface area contributed by atoms with Gasteiger partial charge in [-0.05, 0) is 31.2 Å². The Morgan fingerprint density at radius 1 is 1.47 bits per heavy atom. The first kappa shape index (κ1) is 12.9. The molecule has 17 heavy (non-hydrogen) atoms. The maximum Gasteiger partial charge on any atom is 0.339 e. The highest BCUT2D eigenvalue weighted by Crippen LogP contribution is 2.10. The topological polar surface area (TPSA) is 38.3 Å². The molecule has 0 amide bonds. The van der Waals surface area contributed by atoms with E-state index in [-0.39, 0.29) is 6.61 Å². The largest absolute Gasteiger partial charge is 0.449 e. The van der Waals surface area contributed by atoms with Crippen LogP contribution < -0.4 is 5.32 Å². The molecule has 0 aliphatic carbocycles. The van der Waals surface area contributed by atoms with E-state index in [0.717, 1.165) is 11.3 Å². The summed E-state index contributed by atoms with van der Waals surface area (Å²) in [6, 6.07) is 7.02. The SMILES string of the molecule is C#CCOC(=O)c1ccc(NCC(=C)C)cc1. The molecule has 0 atom stereocenters. The maximum absolute atomic E-state index is 11.4. The third kappa shape index (κ3) is 4.43. The molecule has 0 saturated carbocycles. The monoisotopic (exact) mass is 229 g/mol. The molecule has 0 unspecified atom stereocenters. The van der Waals surface area contributed by atoms with Gasteiger partial charge in [-0.1, -0.05) is 18.1 Å². The fourth-order valence-electron chi connectivity index (χ4n) is 1.17. The smallest absolute Gasteiger partial charge is 0.339 e. The molecule has 1 rings (SSSR count). The Kier molecular flexibility index (Phi) is 4.83. The van der Waals surface area contributed by atoms with Gasteiger partial charge in [0.05, 0.1) is 5.56 Å². The molecule has 88 valence electrons. The van der Waals surface area contributed by atoms with Crippen LogP contribution in [0.4, 0.5) is 5.69 Å². The molecule has 0 bridgehead atoms. The third-order valence-corrected chi connectivity index (χ3v) is 2.00. The molecule has 1 aromatic rings. The average Bonchev–Trinajstić information content (AvgIpc) is 2.34. The van der Waals surface area contributed by atoms with Crippen LogP contribution in [0.5, 0.6) is 0 Å². The van der Waals surface area contributed by atoms with E-state index in [9.17, 15) is 4.79 Å². The minimum Gasteiger partial charge on any atom is -0.449 e. The van der Waals surface area contributed by atoms with Crippen molar-refractivity contribution in [3.63, 3.8) is 0 Å². The molecule has 0 fully saturated rings. The maximum atomic E-state index is 11.4. The van der Waals surface area contributed by atoms with Gasteiger partial charge in [0.1, 0.15) is 0 Å². The molecule has 0 aromatic heterocycles. The number of terminal acetylenes is 1. The van der Waals surface area contributed by atoms with E-state index in [2.05, 4.69) is 17.8 Å². The fraction of sp³-hybridized carbons (Fsp3) is 0.214. The van der Waals surface area contributed by atoms with Crippen molar-refractivity contribution in [1.82, 2.24) is 0 Å². The van der Waals surface area contributed by atoms with Crippen LogP contribution in [-0.2, 0) is 4.74 Å². The second-order valence-electron chi connectivity index (χ2n) is 3.67. The summed E-state index contributed by atoms with van der Waals surface area (Å²) in [5.41, 5.74) is 2.46. The molecule has 0 aliphatic heterocycles. The zero-order valence-electron chi connectivity index (χ0n) is 9.82. The Hall–Kier alpha value is -2.21. The number of benzene rings is 1. The molecule has 0 spiro atoms. The molecule has 1 N–H and O–H groups in total. The van der Waals surface area contributed by atoms with Crippen molar-refractivity contribution < 1.29 is 9.53 Å². The normalized spacial score (nSPS) is 9.18. The second-order valence-corrected chi connectivity index (χ2v) is 3.67. The van der Waals surface area contributed by atoms with Crippen LogP contribution in [0.25, 0.3) is 0 Å². The Labute approximate surface area is 101 Å². The lowest BCUT2D eigenvalue weighted by Crippen LogP contribution is -2.06. The highest BCUT2D eigenvalue weighted by molar-refractivity contribution is 5.89. The lowest BCUT2D eigenvalue weighted by Gasteiger charge is -2.06. The Morgan fingerprint density at radius 3 is 2.65 bits per heavy atom. The zero-order valence-corrected chi connectivity index (χ0v) is 9.82. The van der Waals surface area contributed by atoms with Gasteiger partial charge in [0.2, 0.25) is 0 Å². The van der Waals surface area contributed by atoms with E-state index < -0.39 is 5.97 Å². The van der Waals surface area contributed by atoms with Gasteiger partial charge in [0.25, 0.3) is 0 Å². The standard InChI is InChI=1S/C14H15NO2/c1-4-9-17-14(16)12-5-7-13(8-6-12)15-10-11(2)3/h1,5-8,15H,2,9-10H2,3H3. The van der Waals surface area contributed by atoms with Crippen LogP contribution in [0.1, 0.15) is 17.3 Å². The van der Waals surface area contributed by atoms with Gasteiger partial charge in [-0.2, -0.15) is 0 Å². The molecule has 0 heterocycles. The van der Waals surface area contributed by atoms with Gasteiger partial charge < -0.3 is 10.1 Å². The van der Waals surface area contributed by atoms with Gasteiger partial charge in [0.15, 0.2) is 6.61 Å². The molecular formula is C14H15NO2. The summed E-state index contributed by atoms with van der Waals surface area (Å²) in [4.78, 5) is 11.4. The summed E-state index contributed by atoms with van der Waals surface area (Å²) in [5, 5.41) is 3.17. The van der Waals surface area contributed by atoms with Gasteiger partial charge >= 0.3 is 5.97 Å². The van der Waals surface area contributed by atoms with E-state index in [1.807, 2.05) is 19.1 Å². The Balaban J connectivity index is 2.58. The lowest BCUT2D eigenvalue weighted by molar-refractivity contribution is 0.0557. The van der Waals surface area contributed by atoms with E-state index in [1.165, 1.54) is 0 Å². The van der Waals surface area contributed by atoms with E-state index in [0.29, 0.717) is 12.1 Å². The second kappa shape index (κ2) is 6.39. The Morgan fingerprint density at radius 2 is 2.12 bits per heavy atom. The molecule has 3 heteroatoms. The van der Waals surface area contributed by atoms with Crippen LogP contribution >= 0.6 is 0 Å². The fourth-order valence-corrected chi connectivity index (χ4v) is 1.17. The number of anilines is 1. The number of ether oxygens (including phenoxy) is 1. The summed E-state index contributed by atoms with van der Waals surface area (Å²) in [7, 11) is 0. The van der Waals surface area contributed by atoms with Crippen molar-refractivity contribution in [2.45, 2.75) is 6.92 Å². The van der Waals surface area contributed by atoms with E-state index in [1.54, 1.807) is 12.1 Å². The van der Waals surface area contributed by atoms with Crippen molar-refractivity contribution >= 4 is 11.7 Å². The van der Waals surface area contributed by atoms with Crippen LogP contribution in [0.3, 0.4) is 0 Å². The van der Waals surface area contributed by atoms with Crippen molar-refractivity contribution in [3.05, 3.63) is 42.0 Å². The predicted octanol–water partition coefficient (Wildman–Crippen LogP) is 2.46. The number of carbonyl (C=O) groups excluding carboxylic acids is 1. The van der Waals surface area contributed by atoms with Crippen LogP contribution in [0, 0.1) is 12.3 Å². The number of hydrogen-bond donors (Lipinski definition) is 1. The zero-order chi connectivity index (χ0) is 12.7. The summed E-state index contributed by atoms with van der Waals surface area (Å²) >= 11 is 0. The van der Waals surface area contributed by atoms with E-state index in [4.69, 9.17) is 11.2 Å². The van der Waals surface area contributed by atoms with Crippen molar-refractivity contribution in [2.24, 2.45) is 0 Å². The van der Waals surface area contributed by atoms with Gasteiger partial charge in [-0.25, -0.2) is 4.79 Å². The van der Waals surface area contributed by atoms with E-state index >= 15 is 0 Å². The minimum absolute atomic E-state index is 0.00546. The summed E-state index contributed by atoms with van der Waals surface area (Å²) in [6.07, 6.45) is 5.00. The Bertz CT molecular complexity index is 440. The first-order valence-electron chi connectivity index (χ1n) is 5.22. The van der Waals surface area contributed by atoms with Crippen LogP contribution in [0.15, 0.2) is 36.4 Å². The van der Waals surface area contributed by atoms with Crippen LogP contribution in [0.2, 0.25) is 0 Å². The lowest BCUT2D eigenvalue weighted by atomic mass is 10.2. The number of hydrogen-bond acceptors (Lipinski definition) is 3. The number of esters is 1. The third-order valence-electron chi connectivity index (χ3n) is 2.00. The first-order valence-corrected chi connectivity index (χ1v) is 5.22. The first-order chi connectivity index (χ1) is 8.13.